The van der Waals surface area contributed by atoms with E-state index in [1.54, 1.807) is 13.8 Å². The Morgan fingerprint density at radius 1 is 1.17 bits per heavy atom. The molecule has 1 aliphatic heterocycles. The van der Waals surface area contributed by atoms with Crippen molar-refractivity contribution in [2.45, 2.75) is 39.2 Å². The Morgan fingerprint density at radius 3 is 2.67 bits per heavy atom. The van der Waals surface area contributed by atoms with Crippen molar-refractivity contribution < 1.29 is 27.6 Å². The molecule has 132 valence electrons. The topological polar surface area (TPSA) is 63.2 Å². The monoisotopic (exact) mass is 354 g/mol. The van der Waals surface area contributed by atoms with Gasteiger partial charge in [0, 0.05) is 0 Å². The second-order valence-electron chi connectivity index (χ2n) is 5.54. The van der Waals surface area contributed by atoms with Gasteiger partial charge in [-0.3, -0.25) is 13.6 Å². The lowest BCUT2D eigenvalue weighted by atomic mass is 9.91. The number of benzene rings is 1. The summed E-state index contributed by atoms with van der Waals surface area (Å²) in [4.78, 5) is 0. The number of rotatable bonds is 7. The smallest absolute Gasteiger partial charge is 0.454 e. The molecule has 1 aliphatic carbocycles. The first-order valence-corrected chi connectivity index (χ1v) is 9.79. The maximum Gasteiger partial charge on any atom is 0.475 e. The van der Waals surface area contributed by atoms with Crippen LogP contribution in [0, 0.1) is 0 Å². The van der Waals surface area contributed by atoms with Gasteiger partial charge in [0.05, 0.1) is 19.3 Å². The quantitative estimate of drug-likeness (QED) is 0.670. The molecule has 1 unspecified atom stereocenters. The summed E-state index contributed by atoms with van der Waals surface area (Å²) < 4.78 is 39.9. The molecule has 1 atom stereocenters. The van der Waals surface area contributed by atoms with E-state index in [1.807, 2.05) is 18.2 Å². The number of phosphoric ester groups is 1. The first-order chi connectivity index (χ1) is 11.6. The highest BCUT2D eigenvalue weighted by Crippen LogP contribution is 2.53. The van der Waals surface area contributed by atoms with Crippen LogP contribution in [0.4, 0.5) is 0 Å². The van der Waals surface area contributed by atoms with Gasteiger partial charge in [-0.15, -0.1) is 0 Å². The van der Waals surface area contributed by atoms with E-state index in [1.165, 1.54) is 0 Å². The lowest BCUT2D eigenvalue weighted by molar-refractivity contribution is 0.0989. The Bertz CT molecular complexity index is 646. The molecule has 0 saturated carbocycles. The fraction of sp³-hybridized carbons (Fsp3) is 0.529. The van der Waals surface area contributed by atoms with Crippen LogP contribution in [0.2, 0.25) is 0 Å². The van der Waals surface area contributed by atoms with E-state index in [4.69, 9.17) is 23.0 Å². The molecule has 1 aromatic carbocycles. The number of fused-ring (bicyclic) bond motifs is 1. The third-order valence-electron chi connectivity index (χ3n) is 3.92. The zero-order valence-corrected chi connectivity index (χ0v) is 14.9. The first-order valence-electron chi connectivity index (χ1n) is 8.33. The van der Waals surface area contributed by atoms with Crippen LogP contribution < -0.4 is 9.47 Å². The number of hydrogen-bond acceptors (Lipinski definition) is 6. The summed E-state index contributed by atoms with van der Waals surface area (Å²) in [6, 6.07) is 5.78. The van der Waals surface area contributed by atoms with E-state index < -0.39 is 7.82 Å². The average Bonchev–Trinajstić information content (AvgIpc) is 3.03. The highest BCUT2D eigenvalue weighted by molar-refractivity contribution is 7.48. The minimum atomic E-state index is -3.56. The van der Waals surface area contributed by atoms with Crippen molar-refractivity contribution in [2.24, 2.45) is 0 Å². The predicted molar refractivity (Wildman–Crippen MR) is 90.1 cm³/mol. The first kappa shape index (κ1) is 17.5. The van der Waals surface area contributed by atoms with Crippen molar-refractivity contribution in [3.05, 3.63) is 29.8 Å². The second-order valence-corrected chi connectivity index (χ2v) is 7.16. The predicted octanol–water partition coefficient (Wildman–Crippen LogP) is 4.55. The van der Waals surface area contributed by atoms with Crippen LogP contribution in [0.5, 0.6) is 11.5 Å². The molecule has 0 amide bonds. The molecule has 0 saturated heterocycles. The van der Waals surface area contributed by atoms with Gasteiger partial charge in [-0.05, 0) is 56.4 Å². The van der Waals surface area contributed by atoms with Crippen LogP contribution >= 0.6 is 7.82 Å². The molecule has 24 heavy (non-hydrogen) atoms. The summed E-state index contributed by atoms with van der Waals surface area (Å²) in [5.41, 5.74) is 1.96. The van der Waals surface area contributed by atoms with Gasteiger partial charge in [0.1, 0.15) is 0 Å². The molecule has 6 nitrogen and oxygen atoms in total. The largest absolute Gasteiger partial charge is 0.475 e. The summed E-state index contributed by atoms with van der Waals surface area (Å²) in [5.74, 6) is 1.46. The van der Waals surface area contributed by atoms with Crippen molar-refractivity contribution in [2.75, 3.05) is 20.0 Å². The van der Waals surface area contributed by atoms with Crippen LogP contribution in [0.3, 0.4) is 0 Å². The van der Waals surface area contributed by atoms with E-state index in [9.17, 15) is 4.57 Å². The Kier molecular flexibility index (Phi) is 5.61. The SMILES string of the molecule is CCOP(=O)(OCC)OC1CCCC=C1c1ccc2c(c1)OCO2. The number of phosphoric acid groups is 1. The molecule has 0 spiro atoms. The van der Waals surface area contributed by atoms with Crippen molar-refractivity contribution in [3.63, 3.8) is 0 Å². The van der Waals surface area contributed by atoms with Gasteiger partial charge >= 0.3 is 7.82 Å². The third-order valence-corrected chi connectivity index (χ3v) is 5.58. The summed E-state index contributed by atoms with van der Waals surface area (Å²) in [5, 5.41) is 0. The molecule has 0 bridgehead atoms. The zero-order chi connectivity index (χ0) is 17.0. The van der Waals surface area contributed by atoms with E-state index in [0.29, 0.717) is 0 Å². The number of hydrogen-bond donors (Lipinski definition) is 0. The minimum Gasteiger partial charge on any atom is -0.454 e. The Morgan fingerprint density at radius 2 is 1.92 bits per heavy atom. The van der Waals surface area contributed by atoms with E-state index in [-0.39, 0.29) is 26.1 Å². The molecule has 3 rings (SSSR count). The molecule has 2 aliphatic rings. The minimum absolute atomic E-state index is 0.238. The van der Waals surface area contributed by atoms with Gasteiger partial charge in [0.25, 0.3) is 0 Å². The number of ether oxygens (including phenoxy) is 2. The van der Waals surface area contributed by atoms with Gasteiger partial charge in [-0.1, -0.05) is 12.1 Å². The molecule has 1 heterocycles. The third kappa shape index (κ3) is 3.83. The normalized spacial score (nSPS) is 20.1. The fourth-order valence-corrected chi connectivity index (χ4v) is 4.27. The summed E-state index contributed by atoms with van der Waals surface area (Å²) in [7, 11) is -3.56. The summed E-state index contributed by atoms with van der Waals surface area (Å²) >= 11 is 0. The van der Waals surface area contributed by atoms with Crippen LogP contribution in [-0.4, -0.2) is 26.1 Å². The standard InChI is InChI=1S/C17H23O6P/c1-3-21-24(18,22-4-2)23-15-8-6-5-7-14(15)13-9-10-16-17(11-13)20-12-19-16/h7,9-11,15H,3-6,8,12H2,1-2H3. The lowest BCUT2D eigenvalue weighted by Crippen LogP contribution is -2.18. The zero-order valence-electron chi connectivity index (χ0n) is 14.0. The molecule has 7 heteroatoms. The Labute approximate surface area is 142 Å². The molecule has 0 fully saturated rings. The van der Waals surface area contributed by atoms with Gasteiger partial charge in [-0.25, -0.2) is 4.57 Å². The fourth-order valence-electron chi connectivity index (χ4n) is 2.91. The van der Waals surface area contributed by atoms with Crippen molar-refractivity contribution in [1.82, 2.24) is 0 Å². The summed E-state index contributed by atoms with van der Waals surface area (Å²) in [6.07, 6.45) is 4.48. The van der Waals surface area contributed by atoms with Crippen LogP contribution in [0.1, 0.15) is 38.7 Å². The maximum atomic E-state index is 12.7. The highest BCUT2D eigenvalue weighted by Gasteiger charge is 2.33. The highest BCUT2D eigenvalue weighted by atomic mass is 31.2. The van der Waals surface area contributed by atoms with Crippen LogP contribution in [0.15, 0.2) is 24.3 Å². The van der Waals surface area contributed by atoms with Crippen LogP contribution in [-0.2, 0) is 18.1 Å². The average molecular weight is 354 g/mol. The van der Waals surface area contributed by atoms with E-state index in [0.717, 1.165) is 41.9 Å². The van der Waals surface area contributed by atoms with Crippen molar-refractivity contribution in [1.29, 1.82) is 0 Å². The Balaban J connectivity index is 1.83. The second kappa shape index (κ2) is 7.70. The lowest BCUT2D eigenvalue weighted by Gasteiger charge is -2.28. The molecule has 0 aromatic heterocycles. The molecular weight excluding hydrogens is 331 g/mol. The van der Waals surface area contributed by atoms with Gasteiger partial charge in [-0.2, -0.15) is 0 Å². The van der Waals surface area contributed by atoms with E-state index in [2.05, 4.69) is 6.08 Å². The van der Waals surface area contributed by atoms with E-state index >= 15 is 0 Å². The summed E-state index contributed by atoms with van der Waals surface area (Å²) in [6.45, 7) is 4.32. The molecule has 0 N–H and O–H groups in total. The molecular formula is C17H23O6P. The molecule has 0 radical (unpaired) electrons. The number of allylic oxidation sites excluding steroid dienone is 1. The van der Waals surface area contributed by atoms with Crippen molar-refractivity contribution >= 4 is 13.4 Å². The maximum absolute atomic E-state index is 12.7. The van der Waals surface area contributed by atoms with Crippen molar-refractivity contribution in [3.8, 4) is 11.5 Å². The van der Waals surface area contributed by atoms with Gasteiger partial charge in [0.2, 0.25) is 6.79 Å². The van der Waals surface area contributed by atoms with Gasteiger partial charge in [0.15, 0.2) is 11.5 Å². The molecule has 1 aromatic rings. The van der Waals surface area contributed by atoms with Gasteiger partial charge < -0.3 is 9.47 Å². The Hall–Kier alpha value is -1.33. The van der Waals surface area contributed by atoms with Crippen LogP contribution in [0.25, 0.3) is 5.57 Å².